The molecule has 3 nitrogen and oxygen atoms in total. The van der Waals surface area contributed by atoms with Crippen molar-refractivity contribution >= 4 is 21.8 Å². The van der Waals surface area contributed by atoms with Crippen molar-refractivity contribution in [3.8, 4) is 0 Å². The Labute approximate surface area is 121 Å². The quantitative estimate of drug-likeness (QED) is 0.878. The lowest BCUT2D eigenvalue weighted by Crippen LogP contribution is -2.24. The first-order chi connectivity index (χ1) is 9.20. The summed E-state index contributed by atoms with van der Waals surface area (Å²) in [5, 5.41) is 2.89. The molecule has 1 aromatic carbocycles. The molecule has 1 amide bonds. The Kier molecular flexibility index (Phi) is 4.68. The second-order valence-electron chi connectivity index (χ2n) is 4.15. The first-order valence-corrected chi connectivity index (χ1v) is 6.97. The van der Waals surface area contributed by atoms with Gasteiger partial charge in [-0.25, -0.2) is 4.98 Å². The summed E-state index contributed by atoms with van der Waals surface area (Å²) in [6.07, 6.45) is 0.960. The second kappa shape index (κ2) is 6.48. The van der Waals surface area contributed by atoms with Crippen LogP contribution >= 0.6 is 15.9 Å². The van der Waals surface area contributed by atoms with Gasteiger partial charge in [0.15, 0.2) is 0 Å². The molecule has 1 N–H and O–H groups in total. The van der Waals surface area contributed by atoms with Gasteiger partial charge < -0.3 is 5.32 Å². The molecule has 2 aromatic rings. The van der Waals surface area contributed by atoms with E-state index in [-0.39, 0.29) is 5.91 Å². The lowest BCUT2D eigenvalue weighted by atomic mass is 10.1. The molecule has 0 aliphatic carbocycles. The summed E-state index contributed by atoms with van der Waals surface area (Å²) in [6, 6.07) is 13.4. The molecule has 0 aliphatic heterocycles. The highest BCUT2D eigenvalue weighted by molar-refractivity contribution is 9.10. The van der Waals surface area contributed by atoms with Crippen molar-refractivity contribution in [2.75, 3.05) is 0 Å². The predicted octanol–water partition coefficient (Wildman–Crippen LogP) is 3.34. The van der Waals surface area contributed by atoms with E-state index in [4.69, 9.17) is 0 Å². The van der Waals surface area contributed by atoms with Gasteiger partial charge in [-0.1, -0.05) is 37.3 Å². The molecule has 1 heterocycles. The fraction of sp³-hybridized carbons (Fsp3) is 0.200. The van der Waals surface area contributed by atoms with E-state index in [9.17, 15) is 4.79 Å². The van der Waals surface area contributed by atoms with Crippen LogP contribution in [0.25, 0.3) is 0 Å². The Morgan fingerprint density at radius 3 is 2.58 bits per heavy atom. The van der Waals surface area contributed by atoms with E-state index < -0.39 is 0 Å². The maximum atomic E-state index is 12.0. The van der Waals surface area contributed by atoms with Gasteiger partial charge in [0.2, 0.25) is 0 Å². The number of benzene rings is 1. The monoisotopic (exact) mass is 318 g/mol. The molecule has 0 unspecified atom stereocenters. The minimum atomic E-state index is -0.160. The summed E-state index contributed by atoms with van der Waals surface area (Å²) in [6.45, 7) is 2.63. The summed E-state index contributed by atoms with van der Waals surface area (Å²) in [7, 11) is 0. The number of nitrogens with zero attached hydrogens (tertiary/aromatic N) is 1. The van der Waals surface area contributed by atoms with Crippen LogP contribution in [0.5, 0.6) is 0 Å². The Balaban J connectivity index is 2.04. The topological polar surface area (TPSA) is 42.0 Å². The van der Waals surface area contributed by atoms with E-state index in [1.165, 1.54) is 5.56 Å². The number of amides is 1. The lowest BCUT2D eigenvalue weighted by Gasteiger charge is -2.09. The zero-order chi connectivity index (χ0) is 13.7. The summed E-state index contributed by atoms with van der Waals surface area (Å²) in [5.74, 6) is -0.160. The third-order valence-corrected chi connectivity index (χ3v) is 3.33. The standard InChI is InChI=1S/C15H15BrN2O/c1-2-11-6-3-4-7-12(11)10-17-15(19)13-8-5-9-14(16)18-13/h3-9H,2,10H2,1H3,(H,17,19). The average Bonchev–Trinajstić information content (AvgIpc) is 2.45. The molecule has 0 fully saturated rings. The van der Waals surface area contributed by atoms with E-state index in [1.54, 1.807) is 18.2 Å². The fourth-order valence-corrected chi connectivity index (χ4v) is 2.22. The average molecular weight is 319 g/mol. The van der Waals surface area contributed by atoms with E-state index in [0.717, 1.165) is 12.0 Å². The molecule has 19 heavy (non-hydrogen) atoms. The first kappa shape index (κ1) is 13.7. The molecule has 0 aliphatic rings. The van der Waals surface area contributed by atoms with E-state index in [2.05, 4.69) is 39.2 Å². The Morgan fingerprint density at radius 2 is 1.89 bits per heavy atom. The van der Waals surface area contributed by atoms with Crippen LogP contribution in [0.15, 0.2) is 47.1 Å². The maximum Gasteiger partial charge on any atom is 0.270 e. The van der Waals surface area contributed by atoms with E-state index in [1.807, 2.05) is 18.2 Å². The van der Waals surface area contributed by atoms with Gasteiger partial charge in [0.1, 0.15) is 10.3 Å². The SMILES string of the molecule is CCc1ccccc1CNC(=O)c1cccc(Br)n1. The summed E-state index contributed by atoms with van der Waals surface area (Å²) < 4.78 is 0.661. The minimum Gasteiger partial charge on any atom is -0.347 e. The van der Waals surface area contributed by atoms with E-state index >= 15 is 0 Å². The Morgan fingerprint density at radius 1 is 1.16 bits per heavy atom. The van der Waals surface area contributed by atoms with Crippen LogP contribution in [0.2, 0.25) is 0 Å². The van der Waals surface area contributed by atoms with E-state index in [0.29, 0.717) is 16.8 Å². The van der Waals surface area contributed by atoms with Crippen LogP contribution in [0.4, 0.5) is 0 Å². The van der Waals surface area contributed by atoms with Crippen LogP contribution in [-0.4, -0.2) is 10.9 Å². The zero-order valence-electron chi connectivity index (χ0n) is 10.7. The third-order valence-electron chi connectivity index (χ3n) is 2.89. The Bertz CT molecular complexity index is 584. The van der Waals surface area contributed by atoms with Gasteiger partial charge in [-0.05, 0) is 45.6 Å². The smallest absolute Gasteiger partial charge is 0.270 e. The van der Waals surface area contributed by atoms with Crippen LogP contribution in [-0.2, 0) is 13.0 Å². The second-order valence-corrected chi connectivity index (χ2v) is 4.96. The van der Waals surface area contributed by atoms with Gasteiger partial charge in [0.25, 0.3) is 5.91 Å². The summed E-state index contributed by atoms with van der Waals surface area (Å²) in [5.41, 5.74) is 2.82. The minimum absolute atomic E-state index is 0.160. The van der Waals surface area contributed by atoms with Crippen molar-refractivity contribution in [3.05, 3.63) is 63.9 Å². The van der Waals surface area contributed by atoms with Crippen LogP contribution in [0, 0.1) is 0 Å². The van der Waals surface area contributed by atoms with Gasteiger partial charge >= 0.3 is 0 Å². The molecule has 98 valence electrons. The Hall–Kier alpha value is -1.68. The highest BCUT2D eigenvalue weighted by Crippen LogP contribution is 2.10. The third kappa shape index (κ3) is 3.64. The number of carbonyl (C=O) groups excluding carboxylic acids is 1. The van der Waals surface area contributed by atoms with Crippen molar-refractivity contribution in [1.29, 1.82) is 0 Å². The summed E-state index contributed by atoms with van der Waals surface area (Å²) in [4.78, 5) is 16.1. The molecule has 4 heteroatoms. The normalized spacial score (nSPS) is 10.2. The highest BCUT2D eigenvalue weighted by atomic mass is 79.9. The number of hydrogen-bond donors (Lipinski definition) is 1. The first-order valence-electron chi connectivity index (χ1n) is 6.18. The number of nitrogens with one attached hydrogen (secondary N) is 1. The molecule has 0 saturated heterocycles. The van der Waals surface area contributed by atoms with Gasteiger partial charge in [-0.15, -0.1) is 0 Å². The molecule has 0 atom stereocenters. The van der Waals surface area contributed by atoms with Gasteiger partial charge in [-0.3, -0.25) is 4.79 Å². The van der Waals surface area contributed by atoms with Gasteiger partial charge in [0, 0.05) is 6.54 Å². The molecular formula is C15H15BrN2O. The number of halogens is 1. The molecule has 0 saturated carbocycles. The number of pyridine rings is 1. The molecule has 2 rings (SSSR count). The number of aryl methyl sites for hydroxylation is 1. The number of rotatable bonds is 4. The number of carbonyl (C=O) groups is 1. The fourth-order valence-electron chi connectivity index (χ4n) is 1.88. The predicted molar refractivity (Wildman–Crippen MR) is 78.9 cm³/mol. The van der Waals surface area contributed by atoms with Crippen molar-refractivity contribution in [1.82, 2.24) is 10.3 Å². The molecule has 1 aromatic heterocycles. The zero-order valence-corrected chi connectivity index (χ0v) is 12.3. The van der Waals surface area contributed by atoms with Crippen LogP contribution in [0.1, 0.15) is 28.5 Å². The maximum absolute atomic E-state index is 12.0. The van der Waals surface area contributed by atoms with Crippen molar-refractivity contribution < 1.29 is 4.79 Å². The van der Waals surface area contributed by atoms with Crippen LogP contribution in [0.3, 0.4) is 0 Å². The molecular weight excluding hydrogens is 304 g/mol. The molecule has 0 bridgehead atoms. The van der Waals surface area contributed by atoms with Crippen molar-refractivity contribution in [2.45, 2.75) is 19.9 Å². The molecule has 0 spiro atoms. The largest absolute Gasteiger partial charge is 0.347 e. The molecule has 0 radical (unpaired) electrons. The summed E-state index contributed by atoms with van der Waals surface area (Å²) >= 11 is 3.26. The number of aromatic nitrogens is 1. The van der Waals surface area contributed by atoms with Crippen molar-refractivity contribution in [3.63, 3.8) is 0 Å². The number of hydrogen-bond acceptors (Lipinski definition) is 2. The van der Waals surface area contributed by atoms with Gasteiger partial charge in [-0.2, -0.15) is 0 Å². The lowest BCUT2D eigenvalue weighted by molar-refractivity contribution is 0.0945. The van der Waals surface area contributed by atoms with Gasteiger partial charge in [0.05, 0.1) is 0 Å². The van der Waals surface area contributed by atoms with Crippen molar-refractivity contribution in [2.24, 2.45) is 0 Å². The van der Waals surface area contributed by atoms with Crippen LogP contribution < -0.4 is 5.32 Å². The highest BCUT2D eigenvalue weighted by Gasteiger charge is 2.08.